The zero-order chi connectivity index (χ0) is 13.7. The van der Waals surface area contributed by atoms with Crippen LogP contribution >= 0.6 is 11.3 Å². The number of likely N-dealkylation sites (N-methyl/N-ethyl adjacent to an activating group) is 1. The summed E-state index contributed by atoms with van der Waals surface area (Å²) in [6, 6.07) is 4.14. The first kappa shape index (κ1) is 14.2. The van der Waals surface area contributed by atoms with Crippen LogP contribution < -0.4 is 5.32 Å². The highest BCUT2D eigenvalue weighted by Gasteiger charge is 2.13. The Morgan fingerprint density at radius 1 is 1.16 bits per heavy atom. The summed E-state index contributed by atoms with van der Waals surface area (Å²) in [5.41, 5.74) is 3.73. The molecule has 2 aromatic heterocycles. The van der Waals surface area contributed by atoms with Gasteiger partial charge < -0.3 is 5.32 Å². The maximum absolute atomic E-state index is 4.77. The molecule has 0 fully saturated rings. The molecule has 19 heavy (non-hydrogen) atoms. The van der Waals surface area contributed by atoms with E-state index in [1.54, 1.807) is 11.3 Å². The van der Waals surface area contributed by atoms with Crippen LogP contribution in [-0.4, -0.2) is 23.6 Å². The first-order valence-corrected chi connectivity index (χ1v) is 7.75. The van der Waals surface area contributed by atoms with Gasteiger partial charge in [-0.1, -0.05) is 19.9 Å². The van der Waals surface area contributed by atoms with Crippen LogP contribution in [0.25, 0.3) is 10.7 Å². The van der Waals surface area contributed by atoms with Crippen molar-refractivity contribution < 1.29 is 0 Å². The van der Waals surface area contributed by atoms with Gasteiger partial charge in [0.2, 0.25) is 0 Å². The summed E-state index contributed by atoms with van der Waals surface area (Å²) in [5, 5.41) is 5.28. The molecule has 0 aromatic carbocycles. The van der Waals surface area contributed by atoms with Crippen LogP contribution in [0.15, 0.2) is 17.5 Å². The molecule has 0 bridgehead atoms. The fraction of sp³-hybridized carbons (Fsp3) is 0.467. The van der Waals surface area contributed by atoms with Crippen LogP contribution in [0.3, 0.4) is 0 Å². The normalized spacial score (nSPS) is 10.9. The van der Waals surface area contributed by atoms with Crippen LogP contribution in [0.4, 0.5) is 0 Å². The van der Waals surface area contributed by atoms with Crippen LogP contribution in [0.1, 0.15) is 30.8 Å². The Kier molecular flexibility index (Phi) is 5.05. The van der Waals surface area contributed by atoms with E-state index < -0.39 is 0 Å². The first-order chi connectivity index (χ1) is 9.30. The van der Waals surface area contributed by atoms with E-state index in [-0.39, 0.29) is 0 Å². The van der Waals surface area contributed by atoms with Gasteiger partial charge in [-0.25, -0.2) is 9.97 Å². The van der Waals surface area contributed by atoms with E-state index in [9.17, 15) is 0 Å². The smallest absolute Gasteiger partial charge is 0.169 e. The predicted molar refractivity (Wildman–Crippen MR) is 81.7 cm³/mol. The Bertz CT molecular complexity index is 495. The Morgan fingerprint density at radius 3 is 2.32 bits per heavy atom. The van der Waals surface area contributed by atoms with Gasteiger partial charge in [-0.05, 0) is 49.9 Å². The molecule has 4 heteroatoms. The van der Waals surface area contributed by atoms with Gasteiger partial charge in [0.25, 0.3) is 0 Å². The van der Waals surface area contributed by atoms with E-state index in [4.69, 9.17) is 9.97 Å². The summed E-state index contributed by atoms with van der Waals surface area (Å²) in [5.74, 6) is 0.886. The monoisotopic (exact) mass is 275 g/mol. The minimum atomic E-state index is 0.886. The maximum Gasteiger partial charge on any atom is 0.169 e. The molecule has 0 radical (unpaired) electrons. The van der Waals surface area contributed by atoms with E-state index in [0.29, 0.717) is 0 Å². The second kappa shape index (κ2) is 6.78. The summed E-state index contributed by atoms with van der Waals surface area (Å²) in [6.45, 7) is 5.31. The van der Waals surface area contributed by atoms with Crippen LogP contribution in [-0.2, 0) is 19.3 Å². The number of rotatable bonds is 6. The second-order valence-corrected chi connectivity index (χ2v) is 5.40. The van der Waals surface area contributed by atoms with Crippen molar-refractivity contribution in [3.8, 4) is 10.7 Å². The third-order valence-corrected chi connectivity index (χ3v) is 4.08. The largest absolute Gasteiger partial charge is 0.319 e. The summed E-state index contributed by atoms with van der Waals surface area (Å²) in [7, 11) is 1.98. The van der Waals surface area contributed by atoms with E-state index in [1.165, 1.54) is 17.0 Å². The van der Waals surface area contributed by atoms with Crippen LogP contribution in [0, 0.1) is 0 Å². The summed E-state index contributed by atoms with van der Waals surface area (Å²) >= 11 is 1.70. The molecular formula is C15H21N3S. The van der Waals surface area contributed by atoms with Crippen molar-refractivity contribution in [2.24, 2.45) is 0 Å². The lowest BCUT2D eigenvalue weighted by Gasteiger charge is -2.13. The lowest BCUT2D eigenvalue weighted by molar-refractivity contribution is 0.760. The molecule has 102 valence electrons. The Hall–Kier alpha value is -1.26. The van der Waals surface area contributed by atoms with Crippen molar-refractivity contribution in [3.63, 3.8) is 0 Å². The number of hydrogen-bond donors (Lipinski definition) is 1. The van der Waals surface area contributed by atoms with Gasteiger partial charge in [-0.15, -0.1) is 11.3 Å². The number of aryl methyl sites for hydroxylation is 2. The Morgan fingerprint density at radius 2 is 1.84 bits per heavy atom. The topological polar surface area (TPSA) is 37.8 Å². The fourth-order valence-electron chi connectivity index (χ4n) is 2.22. The minimum absolute atomic E-state index is 0.886. The third-order valence-electron chi connectivity index (χ3n) is 3.21. The minimum Gasteiger partial charge on any atom is -0.319 e. The van der Waals surface area contributed by atoms with Crippen molar-refractivity contribution >= 4 is 11.3 Å². The highest BCUT2D eigenvalue weighted by molar-refractivity contribution is 7.13. The Labute approximate surface area is 119 Å². The summed E-state index contributed by atoms with van der Waals surface area (Å²) < 4.78 is 0. The number of nitrogens with zero attached hydrogens (tertiary/aromatic N) is 2. The van der Waals surface area contributed by atoms with Crippen LogP contribution in [0.5, 0.6) is 0 Å². The average Bonchev–Trinajstić information content (AvgIpc) is 2.98. The molecule has 0 aliphatic rings. The first-order valence-electron chi connectivity index (χ1n) is 6.87. The van der Waals surface area contributed by atoms with Crippen molar-refractivity contribution in [1.82, 2.24) is 15.3 Å². The zero-order valence-electron chi connectivity index (χ0n) is 11.9. The molecule has 0 atom stereocenters. The SMILES string of the molecule is CCc1nc(-c2cccs2)nc(CC)c1CCNC. The van der Waals surface area contributed by atoms with E-state index in [1.807, 2.05) is 7.05 Å². The molecule has 0 saturated carbocycles. The highest BCUT2D eigenvalue weighted by atomic mass is 32.1. The highest BCUT2D eigenvalue weighted by Crippen LogP contribution is 2.24. The van der Waals surface area contributed by atoms with Crippen molar-refractivity contribution in [2.75, 3.05) is 13.6 Å². The molecule has 2 rings (SSSR count). The van der Waals surface area contributed by atoms with Gasteiger partial charge in [0, 0.05) is 11.4 Å². The van der Waals surface area contributed by atoms with Gasteiger partial charge in [0.15, 0.2) is 5.82 Å². The van der Waals surface area contributed by atoms with Gasteiger partial charge in [0.1, 0.15) is 0 Å². The van der Waals surface area contributed by atoms with Crippen molar-refractivity contribution in [3.05, 3.63) is 34.5 Å². The summed E-state index contributed by atoms with van der Waals surface area (Å²) in [6.07, 6.45) is 2.94. The second-order valence-electron chi connectivity index (χ2n) is 4.46. The molecule has 0 spiro atoms. The number of hydrogen-bond acceptors (Lipinski definition) is 4. The van der Waals surface area contributed by atoms with Crippen molar-refractivity contribution in [1.29, 1.82) is 0 Å². The summed E-state index contributed by atoms with van der Waals surface area (Å²) in [4.78, 5) is 10.7. The molecule has 0 unspecified atom stereocenters. The van der Waals surface area contributed by atoms with E-state index in [0.717, 1.165) is 36.5 Å². The van der Waals surface area contributed by atoms with Gasteiger partial charge in [-0.2, -0.15) is 0 Å². The number of nitrogens with one attached hydrogen (secondary N) is 1. The molecule has 0 saturated heterocycles. The number of thiophene rings is 1. The maximum atomic E-state index is 4.77. The zero-order valence-corrected chi connectivity index (χ0v) is 12.7. The molecular weight excluding hydrogens is 254 g/mol. The lowest BCUT2D eigenvalue weighted by Crippen LogP contribution is -2.15. The van der Waals surface area contributed by atoms with E-state index in [2.05, 4.69) is 36.7 Å². The lowest BCUT2D eigenvalue weighted by atomic mass is 10.0. The molecule has 2 aromatic rings. The van der Waals surface area contributed by atoms with E-state index >= 15 is 0 Å². The third kappa shape index (κ3) is 3.19. The predicted octanol–water partition coefficient (Wildman–Crippen LogP) is 3.09. The standard InChI is InChI=1S/C15H21N3S/c1-4-12-11(8-9-16-3)13(5-2)18-15(17-12)14-7-6-10-19-14/h6-7,10,16H,4-5,8-9H2,1-3H3. The van der Waals surface area contributed by atoms with Crippen molar-refractivity contribution in [2.45, 2.75) is 33.1 Å². The van der Waals surface area contributed by atoms with Gasteiger partial charge in [0.05, 0.1) is 4.88 Å². The quantitative estimate of drug-likeness (QED) is 0.880. The molecule has 0 amide bonds. The van der Waals surface area contributed by atoms with Gasteiger partial charge in [-0.3, -0.25) is 0 Å². The molecule has 0 aliphatic carbocycles. The molecule has 0 aliphatic heterocycles. The molecule has 3 nitrogen and oxygen atoms in total. The number of aromatic nitrogens is 2. The fourth-order valence-corrected chi connectivity index (χ4v) is 2.88. The molecule has 2 heterocycles. The van der Waals surface area contributed by atoms with Gasteiger partial charge >= 0.3 is 0 Å². The Balaban J connectivity index is 2.45. The molecule has 1 N–H and O–H groups in total. The average molecular weight is 275 g/mol. The van der Waals surface area contributed by atoms with Crippen LogP contribution in [0.2, 0.25) is 0 Å².